The van der Waals surface area contributed by atoms with E-state index >= 15 is 0 Å². The fraction of sp³-hybridized carbons (Fsp3) is 0.571. The van der Waals surface area contributed by atoms with Crippen molar-refractivity contribution in [1.82, 2.24) is 0 Å². The van der Waals surface area contributed by atoms with Crippen LogP contribution in [-0.2, 0) is 10.0 Å². The van der Waals surface area contributed by atoms with E-state index in [1.165, 1.54) is 31.7 Å². The average Bonchev–Trinajstić information content (AvgIpc) is 2.84. The molecule has 1 aliphatic rings. The molecular weight excluding hydrogens is 274 g/mol. The maximum absolute atomic E-state index is 11.4. The molecule has 0 aromatic heterocycles. The Morgan fingerprint density at radius 2 is 1.90 bits per heavy atom. The number of hydrogen-bond acceptors (Lipinski definition) is 4. The van der Waals surface area contributed by atoms with Crippen molar-refractivity contribution >= 4 is 21.4 Å². The third-order valence-corrected chi connectivity index (χ3v) is 5.23. The van der Waals surface area contributed by atoms with Gasteiger partial charge in [0.1, 0.15) is 0 Å². The molecule has 0 amide bonds. The lowest BCUT2D eigenvalue weighted by atomic mass is 9.83. The Bertz CT molecular complexity index is 578. The molecule has 5 nitrogen and oxygen atoms in total. The van der Waals surface area contributed by atoms with Gasteiger partial charge in [0.2, 0.25) is 10.0 Å². The summed E-state index contributed by atoms with van der Waals surface area (Å²) in [6.45, 7) is 3.05. The zero-order valence-electron chi connectivity index (χ0n) is 11.9. The normalized spacial score (nSPS) is 18.1. The molecule has 112 valence electrons. The van der Waals surface area contributed by atoms with Crippen LogP contribution in [0.1, 0.15) is 39.0 Å². The SMILES string of the molecule is CCC1(CNc2cc(N)cc(S(N)(=O)=O)c2)CCCC1. The van der Waals surface area contributed by atoms with Crippen molar-refractivity contribution < 1.29 is 8.42 Å². The standard InChI is InChI=1S/C14H23N3O2S/c1-2-14(5-3-4-6-14)10-17-12-7-11(15)8-13(9-12)20(16,18)19/h7-9,17H,2-6,10,15H2,1H3,(H2,16,18,19). The third kappa shape index (κ3) is 3.43. The molecule has 0 aliphatic heterocycles. The number of primary sulfonamides is 1. The van der Waals surface area contributed by atoms with Crippen molar-refractivity contribution in [2.75, 3.05) is 17.6 Å². The molecule has 1 fully saturated rings. The lowest BCUT2D eigenvalue weighted by Crippen LogP contribution is -2.26. The summed E-state index contributed by atoms with van der Waals surface area (Å²) >= 11 is 0. The van der Waals surface area contributed by atoms with Crippen molar-refractivity contribution in [3.63, 3.8) is 0 Å². The fourth-order valence-corrected chi connectivity index (χ4v) is 3.55. The molecule has 5 N–H and O–H groups in total. The second-order valence-electron chi connectivity index (χ2n) is 5.75. The van der Waals surface area contributed by atoms with Crippen LogP contribution in [0.15, 0.2) is 23.1 Å². The van der Waals surface area contributed by atoms with Crippen molar-refractivity contribution in [3.8, 4) is 0 Å². The summed E-state index contributed by atoms with van der Waals surface area (Å²) in [5.74, 6) is 0. The van der Waals surface area contributed by atoms with Crippen LogP contribution in [0, 0.1) is 5.41 Å². The summed E-state index contributed by atoms with van der Waals surface area (Å²) < 4.78 is 22.8. The molecule has 2 rings (SSSR count). The quantitative estimate of drug-likeness (QED) is 0.726. The molecule has 0 spiro atoms. The minimum absolute atomic E-state index is 0.0528. The van der Waals surface area contributed by atoms with Crippen molar-refractivity contribution in [2.45, 2.75) is 43.9 Å². The van der Waals surface area contributed by atoms with Crippen molar-refractivity contribution in [2.24, 2.45) is 10.6 Å². The van der Waals surface area contributed by atoms with E-state index in [-0.39, 0.29) is 4.90 Å². The Morgan fingerprint density at radius 3 is 2.45 bits per heavy atom. The van der Waals surface area contributed by atoms with Gasteiger partial charge in [-0.2, -0.15) is 0 Å². The van der Waals surface area contributed by atoms with E-state index in [1.54, 1.807) is 12.1 Å². The summed E-state index contributed by atoms with van der Waals surface area (Å²) in [7, 11) is -3.73. The van der Waals surface area contributed by atoms with Gasteiger partial charge in [0.05, 0.1) is 4.90 Å². The van der Waals surface area contributed by atoms with Gasteiger partial charge >= 0.3 is 0 Å². The molecule has 0 heterocycles. The van der Waals surface area contributed by atoms with Crippen LogP contribution in [0.3, 0.4) is 0 Å². The first kappa shape index (κ1) is 15.1. The first-order valence-corrected chi connectivity index (χ1v) is 8.57. The van der Waals surface area contributed by atoms with Gasteiger partial charge in [0.15, 0.2) is 0 Å². The molecule has 1 aromatic rings. The van der Waals surface area contributed by atoms with Gasteiger partial charge in [-0.05, 0) is 42.9 Å². The highest BCUT2D eigenvalue weighted by Crippen LogP contribution is 2.41. The van der Waals surface area contributed by atoms with E-state index < -0.39 is 10.0 Å². The van der Waals surface area contributed by atoms with Crippen molar-refractivity contribution in [3.05, 3.63) is 18.2 Å². The molecule has 20 heavy (non-hydrogen) atoms. The highest BCUT2D eigenvalue weighted by molar-refractivity contribution is 7.89. The zero-order chi connectivity index (χ0) is 14.8. The maximum atomic E-state index is 11.4. The molecule has 1 saturated carbocycles. The number of benzene rings is 1. The van der Waals surface area contributed by atoms with E-state index in [0.29, 0.717) is 16.8 Å². The smallest absolute Gasteiger partial charge is 0.238 e. The molecule has 1 aromatic carbocycles. The van der Waals surface area contributed by atoms with E-state index in [9.17, 15) is 8.42 Å². The molecule has 0 unspecified atom stereocenters. The summed E-state index contributed by atoms with van der Waals surface area (Å²) in [5, 5.41) is 8.49. The molecule has 0 atom stereocenters. The van der Waals surface area contributed by atoms with E-state index in [2.05, 4.69) is 12.2 Å². The van der Waals surface area contributed by atoms with Gasteiger partial charge in [0, 0.05) is 17.9 Å². The lowest BCUT2D eigenvalue weighted by molar-refractivity contribution is 0.307. The molecular formula is C14H23N3O2S. The summed E-state index contributed by atoms with van der Waals surface area (Å²) in [4.78, 5) is 0.0528. The number of anilines is 2. The Hall–Kier alpha value is -1.27. The van der Waals surface area contributed by atoms with Gasteiger partial charge in [-0.25, -0.2) is 13.6 Å². The lowest BCUT2D eigenvalue weighted by Gasteiger charge is -2.28. The van der Waals surface area contributed by atoms with E-state index in [1.807, 2.05) is 0 Å². The summed E-state index contributed by atoms with van der Waals surface area (Å²) in [6, 6.07) is 4.67. The predicted octanol–water partition coefficient (Wildman–Crippen LogP) is 2.30. The van der Waals surface area contributed by atoms with Crippen LogP contribution in [0.25, 0.3) is 0 Å². The number of nitrogen functional groups attached to an aromatic ring is 1. The van der Waals surface area contributed by atoms with E-state index in [4.69, 9.17) is 10.9 Å². The van der Waals surface area contributed by atoms with Crippen LogP contribution in [0.4, 0.5) is 11.4 Å². The predicted molar refractivity (Wildman–Crippen MR) is 81.9 cm³/mol. The van der Waals surface area contributed by atoms with Gasteiger partial charge in [-0.3, -0.25) is 0 Å². The first-order chi connectivity index (χ1) is 9.35. The molecule has 0 bridgehead atoms. The number of sulfonamides is 1. The Labute approximate surface area is 120 Å². The molecule has 0 radical (unpaired) electrons. The van der Waals surface area contributed by atoms with Crippen molar-refractivity contribution in [1.29, 1.82) is 0 Å². The summed E-state index contributed by atoms with van der Waals surface area (Å²) in [6.07, 6.45) is 6.12. The molecule has 0 saturated heterocycles. The Morgan fingerprint density at radius 1 is 1.25 bits per heavy atom. The number of nitrogens with two attached hydrogens (primary N) is 2. The van der Waals surface area contributed by atoms with Gasteiger partial charge in [-0.1, -0.05) is 19.8 Å². The minimum atomic E-state index is -3.73. The Balaban J connectivity index is 2.15. The maximum Gasteiger partial charge on any atom is 0.238 e. The monoisotopic (exact) mass is 297 g/mol. The highest BCUT2D eigenvalue weighted by atomic mass is 32.2. The second-order valence-corrected chi connectivity index (χ2v) is 7.31. The molecule has 6 heteroatoms. The number of nitrogens with one attached hydrogen (secondary N) is 1. The van der Waals surface area contributed by atoms with Crippen LogP contribution in [-0.4, -0.2) is 15.0 Å². The van der Waals surface area contributed by atoms with Gasteiger partial charge in [-0.15, -0.1) is 0 Å². The topological polar surface area (TPSA) is 98.2 Å². The van der Waals surface area contributed by atoms with Gasteiger partial charge in [0.25, 0.3) is 0 Å². The summed E-state index contributed by atoms with van der Waals surface area (Å²) in [5.41, 5.74) is 7.19. The van der Waals surface area contributed by atoms with Gasteiger partial charge < -0.3 is 11.1 Å². The highest BCUT2D eigenvalue weighted by Gasteiger charge is 2.31. The minimum Gasteiger partial charge on any atom is -0.399 e. The fourth-order valence-electron chi connectivity index (χ4n) is 2.96. The zero-order valence-corrected chi connectivity index (χ0v) is 12.7. The second kappa shape index (κ2) is 5.61. The average molecular weight is 297 g/mol. The van der Waals surface area contributed by atoms with E-state index in [0.717, 1.165) is 13.0 Å². The van der Waals surface area contributed by atoms with Crippen LogP contribution < -0.4 is 16.2 Å². The number of rotatable bonds is 5. The largest absolute Gasteiger partial charge is 0.399 e. The third-order valence-electron chi connectivity index (χ3n) is 4.34. The van der Waals surface area contributed by atoms with Crippen LogP contribution in [0.5, 0.6) is 0 Å². The van der Waals surface area contributed by atoms with Crippen LogP contribution in [0.2, 0.25) is 0 Å². The number of hydrogen-bond donors (Lipinski definition) is 3. The first-order valence-electron chi connectivity index (χ1n) is 7.02. The molecule has 1 aliphatic carbocycles. The van der Waals surface area contributed by atoms with Crippen LogP contribution >= 0.6 is 0 Å². The Kier molecular flexibility index (Phi) is 4.25.